The van der Waals surface area contributed by atoms with Crippen LogP contribution in [0.15, 0.2) is 47.4 Å². The van der Waals surface area contributed by atoms with Gasteiger partial charge in [-0.1, -0.05) is 12.1 Å². The van der Waals surface area contributed by atoms with Crippen LogP contribution in [0.5, 0.6) is 11.6 Å². The molecule has 0 saturated heterocycles. The Hall–Kier alpha value is -3.26. The Morgan fingerprint density at radius 2 is 2.14 bits per heavy atom. The van der Waals surface area contributed by atoms with E-state index in [4.69, 9.17) is 17.0 Å². The fourth-order valence-corrected chi connectivity index (χ4v) is 3.28. The van der Waals surface area contributed by atoms with Crippen molar-refractivity contribution in [3.8, 4) is 11.6 Å². The molecule has 0 bridgehead atoms. The van der Waals surface area contributed by atoms with E-state index in [0.717, 1.165) is 24.1 Å². The van der Waals surface area contributed by atoms with Crippen LogP contribution < -0.4 is 15.6 Å². The molecular formula is C20H18N4O3S. The summed E-state index contributed by atoms with van der Waals surface area (Å²) >= 11 is 4.99. The lowest BCUT2D eigenvalue weighted by Gasteiger charge is -2.19. The van der Waals surface area contributed by atoms with Crippen LogP contribution in [0.2, 0.25) is 0 Å². The van der Waals surface area contributed by atoms with Gasteiger partial charge in [-0.15, -0.1) is 0 Å². The summed E-state index contributed by atoms with van der Waals surface area (Å²) in [6, 6.07) is 11.0. The quantitative estimate of drug-likeness (QED) is 0.357. The second-order valence-electron chi connectivity index (χ2n) is 6.50. The molecular weight excluding hydrogens is 376 g/mol. The number of hydrogen-bond donors (Lipinski definition) is 3. The average molecular weight is 394 g/mol. The minimum atomic E-state index is -0.265. The zero-order chi connectivity index (χ0) is 19.5. The first-order chi connectivity index (χ1) is 13.6. The van der Waals surface area contributed by atoms with E-state index in [0.29, 0.717) is 35.7 Å². The molecule has 142 valence electrons. The van der Waals surface area contributed by atoms with E-state index in [-0.39, 0.29) is 16.2 Å². The van der Waals surface area contributed by atoms with Gasteiger partial charge in [-0.3, -0.25) is 19.6 Å². The van der Waals surface area contributed by atoms with Crippen LogP contribution in [0.25, 0.3) is 0 Å². The molecule has 28 heavy (non-hydrogen) atoms. The molecule has 4 rings (SSSR count). The maximum atomic E-state index is 12.4. The van der Waals surface area contributed by atoms with Gasteiger partial charge >= 0.3 is 0 Å². The highest BCUT2D eigenvalue weighted by atomic mass is 32.1. The Morgan fingerprint density at radius 3 is 2.96 bits per heavy atom. The van der Waals surface area contributed by atoms with Crippen molar-refractivity contribution in [2.45, 2.75) is 19.3 Å². The number of nitrogens with one attached hydrogen (secondary N) is 3. The van der Waals surface area contributed by atoms with E-state index in [9.17, 15) is 9.59 Å². The second-order valence-corrected chi connectivity index (χ2v) is 6.91. The number of carbonyl (C=O) groups excluding carboxylic acids is 1. The zero-order valence-corrected chi connectivity index (χ0v) is 15.8. The lowest BCUT2D eigenvalue weighted by Crippen LogP contribution is -2.25. The number of aryl methyl sites for hydroxylation is 1. The van der Waals surface area contributed by atoms with Crippen LogP contribution in [0.4, 0.5) is 0 Å². The first-order valence-electron chi connectivity index (χ1n) is 8.94. The van der Waals surface area contributed by atoms with Gasteiger partial charge in [0.05, 0.1) is 5.56 Å². The molecule has 0 radical (unpaired) electrons. The van der Waals surface area contributed by atoms with Crippen molar-refractivity contribution >= 4 is 18.1 Å². The van der Waals surface area contributed by atoms with E-state index >= 15 is 0 Å². The molecule has 3 heterocycles. The van der Waals surface area contributed by atoms with Crippen molar-refractivity contribution in [3.05, 3.63) is 80.1 Å². The van der Waals surface area contributed by atoms with Crippen LogP contribution >= 0.6 is 12.2 Å². The normalized spacial score (nSPS) is 11.9. The molecule has 8 heteroatoms. The molecule has 2 aromatic heterocycles. The first kappa shape index (κ1) is 18.1. The summed E-state index contributed by atoms with van der Waals surface area (Å²) in [5.41, 5.74) is 2.58. The highest BCUT2D eigenvalue weighted by Gasteiger charge is 2.21. The smallest absolute Gasteiger partial charge is 0.259 e. The predicted molar refractivity (Wildman–Crippen MR) is 106 cm³/mol. The number of benzene rings is 1. The molecule has 1 amide bonds. The van der Waals surface area contributed by atoms with Crippen LogP contribution in [0.3, 0.4) is 0 Å². The Morgan fingerprint density at radius 1 is 1.25 bits per heavy atom. The van der Waals surface area contributed by atoms with Gasteiger partial charge in [0.25, 0.3) is 11.5 Å². The Bertz CT molecular complexity index is 1140. The average Bonchev–Trinajstić information content (AvgIpc) is 2.70. The minimum Gasteiger partial charge on any atom is -0.440 e. The number of nitrogens with zero attached hydrogens (tertiary/aromatic N) is 1. The monoisotopic (exact) mass is 394 g/mol. The molecule has 0 unspecified atom stereocenters. The highest BCUT2D eigenvalue weighted by Crippen LogP contribution is 2.33. The number of fused-ring (bicyclic) bond motifs is 2. The van der Waals surface area contributed by atoms with Gasteiger partial charge in [-0.05, 0) is 54.9 Å². The van der Waals surface area contributed by atoms with Crippen molar-refractivity contribution in [1.29, 1.82) is 0 Å². The van der Waals surface area contributed by atoms with Gasteiger partial charge in [0.2, 0.25) is 5.88 Å². The number of ether oxygens (including phenoxy) is 1. The number of aromatic amines is 2. The molecule has 0 saturated carbocycles. The van der Waals surface area contributed by atoms with Gasteiger partial charge in [-0.2, -0.15) is 0 Å². The summed E-state index contributed by atoms with van der Waals surface area (Å²) < 4.78 is 5.99. The van der Waals surface area contributed by atoms with Gasteiger partial charge in [0.15, 0.2) is 4.77 Å². The molecule has 3 aromatic rings. The third-order valence-corrected chi connectivity index (χ3v) is 4.74. The minimum absolute atomic E-state index is 0.169. The summed E-state index contributed by atoms with van der Waals surface area (Å²) in [7, 11) is 0. The lowest BCUT2D eigenvalue weighted by atomic mass is 10.0. The molecule has 1 aromatic carbocycles. The summed E-state index contributed by atoms with van der Waals surface area (Å²) in [4.78, 5) is 34.1. The van der Waals surface area contributed by atoms with Crippen molar-refractivity contribution in [3.63, 3.8) is 0 Å². The van der Waals surface area contributed by atoms with Gasteiger partial charge < -0.3 is 15.0 Å². The fraction of sp³-hybridized carbons (Fsp3) is 0.200. The molecule has 1 aliphatic rings. The van der Waals surface area contributed by atoms with Crippen molar-refractivity contribution in [2.75, 3.05) is 6.54 Å². The summed E-state index contributed by atoms with van der Waals surface area (Å²) in [5, 5.41) is 2.91. The van der Waals surface area contributed by atoms with Gasteiger partial charge in [-0.25, -0.2) is 0 Å². The number of hydrogen-bond acceptors (Lipinski definition) is 5. The summed E-state index contributed by atoms with van der Waals surface area (Å²) in [5.74, 6) is 0.705. The Balaban J connectivity index is 1.41. The van der Waals surface area contributed by atoms with Crippen molar-refractivity contribution in [2.24, 2.45) is 0 Å². The number of rotatable bonds is 5. The zero-order valence-electron chi connectivity index (χ0n) is 15.0. The molecule has 0 spiro atoms. The topological polar surface area (TPSA) is 99.9 Å². The van der Waals surface area contributed by atoms with Crippen molar-refractivity contribution in [1.82, 2.24) is 20.3 Å². The molecule has 7 nitrogen and oxygen atoms in total. The van der Waals surface area contributed by atoms with Crippen LogP contribution in [-0.4, -0.2) is 27.4 Å². The van der Waals surface area contributed by atoms with E-state index in [1.54, 1.807) is 18.3 Å². The SMILES string of the molecule is O=C(NCCCc1ccccn1)c1ccc2c(c1)Oc1[nH]c(=S)[nH]c(=O)c1C2. The number of pyridine rings is 1. The van der Waals surface area contributed by atoms with Gasteiger partial charge in [0, 0.05) is 30.4 Å². The highest BCUT2D eigenvalue weighted by molar-refractivity contribution is 7.71. The van der Waals surface area contributed by atoms with E-state index in [2.05, 4.69) is 20.3 Å². The number of aromatic nitrogens is 3. The van der Waals surface area contributed by atoms with Crippen molar-refractivity contribution < 1.29 is 9.53 Å². The maximum Gasteiger partial charge on any atom is 0.259 e. The molecule has 0 atom stereocenters. The lowest BCUT2D eigenvalue weighted by molar-refractivity contribution is 0.0953. The van der Waals surface area contributed by atoms with Crippen LogP contribution in [-0.2, 0) is 12.8 Å². The third kappa shape index (κ3) is 3.86. The Labute approximate surface area is 165 Å². The summed E-state index contributed by atoms with van der Waals surface area (Å²) in [6.07, 6.45) is 3.79. The number of carbonyl (C=O) groups is 1. The van der Waals surface area contributed by atoms with Gasteiger partial charge in [0.1, 0.15) is 5.75 Å². The molecule has 0 fully saturated rings. The first-order valence-corrected chi connectivity index (χ1v) is 9.35. The number of H-pyrrole nitrogens is 2. The van der Waals surface area contributed by atoms with E-state index in [1.807, 2.05) is 24.3 Å². The Kier molecular flexibility index (Phi) is 5.03. The molecule has 0 aliphatic carbocycles. The molecule has 3 N–H and O–H groups in total. The third-order valence-electron chi connectivity index (χ3n) is 4.53. The second kappa shape index (κ2) is 7.77. The number of amides is 1. The fourth-order valence-electron chi connectivity index (χ4n) is 3.10. The summed E-state index contributed by atoms with van der Waals surface area (Å²) in [6.45, 7) is 0.554. The predicted octanol–water partition coefficient (Wildman–Crippen LogP) is 2.89. The largest absolute Gasteiger partial charge is 0.440 e. The maximum absolute atomic E-state index is 12.4. The van der Waals surface area contributed by atoms with Crippen LogP contribution in [0, 0.1) is 4.77 Å². The standard InChI is InChI=1S/C20H18N4O3S/c25-17(22-9-3-5-14-4-1-2-8-21-14)13-7-6-12-10-15-18(26)23-20(28)24-19(15)27-16(12)11-13/h1-2,4,6-8,11H,3,5,9-10H2,(H,22,25)(H2,23,24,26,28). The van der Waals surface area contributed by atoms with Crippen LogP contribution in [0.1, 0.15) is 33.6 Å². The molecule has 1 aliphatic heterocycles. The van der Waals surface area contributed by atoms with E-state index in [1.165, 1.54) is 0 Å². The van der Waals surface area contributed by atoms with E-state index < -0.39 is 0 Å².